The van der Waals surface area contributed by atoms with E-state index in [0.717, 1.165) is 0 Å². The van der Waals surface area contributed by atoms with Gasteiger partial charge < -0.3 is 10.7 Å². The van der Waals surface area contributed by atoms with E-state index in [1.165, 1.54) is 6.07 Å². The fourth-order valence-corrected chi connectivity index (χ4v) is 1.36. The molecule has 0 unspecified atom stereocenters. The normalized spacial score (nSPS) is 10.7. The summed E-state index contributed by atoms with van der Waals surface area (Å²) >= 11 is 0. The Hall–Kier alpha value is -1.75. The second-order valence-corrected chi connectivity index (χ2v) is 2.86. The first-order valence-electron chi connectivity index (χ1n) is 4.10. The van der Waals surface area contributed by atoms with Crippen LogP contribution in [0.5, 0.6) is 0 Å². The molecular formula is C9H8FN3O. The molecule has 14 heavy (non-hydrogen) atoms. The van der Waals surface area contributed by atoms with Crippen LogP contribution in [0.3, 0.4) is 0 Å². The number of nitrogens with two attached hydrogens (primary N) is 1. The zero-order valence-electron chi connectivity index (χ0n) is 7.25. The van der Waals surface area contributed by atoms with Gasteiger partial charge in [0.25, 0.3) is 0 Å². The largest absolute Gasteiger partial charge is 0.345 e. The molecule has 0 saturated carbocycles. The molecule has 0 radical (unpaired) electrons. The highest BCUT2D eigenvalue weighted by Crippen LogP contribution is 2.15. The van der Waals surface area contributed by atoms with E-state index in [9.17, 15) is 9.18 Å². The van der Waals surface area contributed by atoms with E-state index in [-0.39, 0.29) is 12.1 Å². The van der Waals surface area contributed by atoms with Crippen LogP contribution in [0.2, 0.25) is 0 Å². The zero-order valence-corrected chi connectivity index (χ0v) is 7.25. The number of benzene rings is 1. The number of fused-ring (bicyclic) bond motifs is 1. The second-order valence-electron chi connectivity index (χ2n) is 2.86. The fourth-order valence-electron chi connectivity index (χ4n) is 1.36. The van der Waals surface area contributed by atoms with Gasteiger partial charge >= 0.3 is 5.69 Å². The minimum Gasteiger partial charge on any atom is -0.325 e. The van der Waals surface area contributed by atoms with Crippen molar-refractivity contribution in [2.24, 2.45) is 5.73 Å². The van der Waals surface area contributed by atoms with Crippen molar-refractivity contribution >= 4 is 10.9 Å². The third-order valence-corrected chi connectivity index (χ3v) is 1.99. The summed E-state index contributed by atoms with van der Waals surface area (Å²) in [5, 5.41) is 0.548. The molecule has 2 rings (SSSR count). The van der Waals surface area contributed by atoms with Gasteiger partial charge in [0.1, 0.15) is 11.3 Å². The Morgan fingerprint density at radius 3 is 3.00 bits per heavy atom. The van der Waals surface area contributed by atoms with Crippen LogP contribution < -0.4 is 11.4 Å². The van der Waals surface area contributed by atoms with Gasteiger partial charge in [-0.15, -0.1) is 0 Å². The van der Waals surface area contributed by atoms with Gasteiger partial charge in [0.15, 0.2) is 0 Å². The van der Waals surface area contributed by atoms with Crippen molar-refractivity contribution < 1.29 is 4.39 Å². The monoisotopic (exact) mass is 193 g/mol. The first kappa shape index (κ1) is 8.83. The van der Waals surface area contributed by atoms with E-state index in [0.29, 0.717) is 11.1 Å². The molecule has 0 spiro atoms. The van der Waals surface area contributed by atoms with Crippen LogP contribution in [0.25, 0.3) is 10.9 Å². The van der Waals surface area contributed by atoms with Gasteiger partial charge in [-0.2, -0.15) is 4.98 Å². The van der Waals surface area contributed by atoms with E-state index in [1.807, 2.05) is 0 Å². The van der Waals surface area contributed by atoms with Gasteiger partial charge in [0.2, 0.25) is 0 Å². The summed E-state index contributed by atoms with van der Waals surface area (Å²) < 4.78 is 13.2. The van der Waals surface area contributed by atoms with Crippen LogP contribution in [-0.4, -0.2) is 9.97 Å². The minimum atomic E-state index is -0.581. The average molecular weight is 193 g/mol. The van der Waals surface area contributed by atoms with E-state index < -0.39 is 11.5 Å². The van der Waals surface area contributed by atoms with E-state index in [1.54, 1.807) is 12.1 Å². The van der Waals surface area contributed by atoms with Crippen molar-refractivity contribution in [1.29, 1.82) is 0 Å². The Bertz CT molecular complexity index is 535. The number of rotatable bonds is 1. The number of nitrogens with zero attached hydrogens (tertiary/aromatic N) is 1. The number of hydrogen-bond donors (Lipinski definition) is 2. The molecule has 1 heterocycles. The average Bonchev–Trinajstić information content (AvgIpc) is 2.18. The molecular weight excluding hydrogens is 185 g/mol. The summed E-state index contributed by atoms with van der Waals surface area (Å²) in [6.07, 6.45) is 0. The smallest absolute Gasteiger partial charge is 0.325 e. The molecule has 0 aliphatic carbocycles. The molecule has 0 saturated heterocycles. The molecule has 0 amide bonds. The highest BCUT2D eigenvalue weighted by molar-refractivity contribution is 5.80. The number of halogens is 1. The summed E-state index contributed by atoms with van der Waals surface area (Å²) in [6.45, 7) is 0.151. The quantitative estimate of drug-likeness (QED) is 0.693. The Morgan fingerprint density at radius 1 is 1.50 bits per heavy atom. The summed E-state index contributed by atoms with van der Waals surface area (Å²) in [5.74, 6) is -0.511. The van der Waals surface area contributed by atoms with Gasteiger partial charge in [-0.3, -0.25) is 0 Å². The molecule has 2 aromatic rings. The lowest BCUT2D eigenvalue weighted by atomic mass is 10.2. The van der Waals surface area contributed by atoms with Crippen LogP contribution >= 0.6 is 0 Å². The molecule has 1 aromatic carbocycles. The van der Waals surface area contributed by atoms with Crippen molar-refractivity contribution in [2.75, 3.05) is 0 Å². The van der Waals surface area contributed by atoms with Gasteiger partial charge in [-0.05, 0) is 6.07 Å². The first-order chi connectivity index (χ1) is 6.72. The fraction of sp³-hybridized carbons (Fsp3) is 0.111. The summed E-state index contributed by atoms with van der Waals surface area (Å²) in [7, 11) is 0. The highest BCUT2D eigenvalue weighted by Gasteiger charge is 2.06. The van der Waals surface area contributed by atoms with E-state index >= 15 is 0 Å². The van der Waals surface area contributed by atoms with Crippen LogP contribution in [-0.2, 0) is 6.54 Å². The molecule has 0 atom stereocenters. The number of aromatic amines is 1. The molecule has 4 nitrogen and oxygen atoms in total. The van der Waals surface area contributed by atoms with Gasteiger partial charge in [0.05, 0.1) is 0 Å². The molecule has 0 aliphatic rings. The van der Waals surface area contributed by atoms with Crippen LogP contribution in [0.1, 0.15) is 5.69 Å². The first-order valence-corrected chi connectivity index (χ1v) is 4.10. The molecule has 0 aliphatic heterocycles. The maximum atomic E-state index is 13.2. The SMILES string of the molecule is NCc1[nH]c(=O)nc2c(F)cccc12. The third-order valence-electron chi connectivity index (χ3n) is 1.99. The topological polar surface area (TPSA) is 71.8 Å². The Kier molecular flexibility index (Phi) is 2.01. The van der Waals surface area contributed by atoms with E-state index in [4.69, 9.17) is 5.73 Å². The number of aromatic nitrogens is 2. The molecule has 1 aromatic heterocycles. The zero-order chi connectivity index (χ0) is 10.1. The van der Waals surface area contributed by atoms with Crippen molar-refractivity contribution in [3.63, 3.8) is 0 Å². The summed E-state index contributed by atoms with van der Waals surface area (Å²) in [6, 6.07) is 4.48. The maximum Gasteiger partial charge on any atom is 0.345 e. The van der Waals surface area contributed by atoms with Gasteiger partial charge in [-0.25, -0.2) is 9.18 Å². The summed E-state index contributed by atoms with van der Waals surface area (Å²) in [5.41, 5.74) is 5.40. The third kappa shape index (κ3) is 1.27. The molecule has 0 fully saturated rings. The lowest BCUT2D eigenvalue weighted by Crippen LogP contribution is -2.15. The number of hydrogen-bond acceptors (Lipinski definition) is 3. The van der Waals surface area contributed by atoms with Crippen molar-refractivity contribution in [3.05, 3.63) is 40.2 Å². The van der Waals surface area contributed by atoms with Crippen molar-refractivity contribution in [3.8, 4) is 0 Å². The van der Waals surface area contributed by atoms with Gasteiger partial charge in [-0.1, -0.05) is 12.1 Å². The Labute approximate surface area is 78.6 Å². The molecule has 3 N–H and O–H groups in total. The standard InChI is InChI=1S/C9H8FN3O/c10-6-3-1-2-5-7(4-11)12-9(14)13-8(5)6/h1-3H,4,11H2,(H,12,13,14). The minimum absolute atomic E-state index is 0.0664. The number of H-pyrrole nitrogens is 1. The second kappa shape index (κ2) is 3.19. The maximum absolute atomic E-state index is 13.2. The van der Waals surface area contributed by atoms with E-state index in [2.05, 4.69) is 9.97 Å². The van der Waals surface area contributed by atoms with Crippen LogP contribution in [0, 0.1) is 5.82 Å². The number of para-hydroxylation sites is 1. The lowest BCUT2D eigenvalue weighted by molar-refractivity contribution is 0.635. The van der Waals surface area contributed by atoms with Crippen molar-refractivity contribution in [1.82, 2.24) is 9.97 Å². The molecule has 5 heteroatoms. The van der Waals surface area contributed by atoms with Crippen molar-refractivity contribution in [2.45, 2.75) is 6.54 Å². The van der Waals surface area contributed by atoms with Crippen LogP contribution in [0.4, 0.5) is 4.39 Å². The predicted molar refractivity (Wildman–Crippen MR) is 50.2 cm³/mol. The lowest BCUT2D eigenvalue weighted by Gasteiger charge is -2.02. The molecule has 0 bridgehead atoms. The summed E-state index contributed by atoms with van der Waals surface area (Å²) in [4.78, 5) is 17.0. The predicted octanol–water partition coefficient (Wildman–Crippen LogP) is 0.521. The molecule has 72 valence electrons. The van der Waals surface area contributed by atoms with Gasteiger partial charge in [0, 0.05) is 17.6 Å². The highest BCUT2D eigenvalue weighted by atomic mass is 19.1. The Morgan fingerprint density at radius 2 is 2.29 bits per heavy atom. The Balaban J connectivity index is 2.94. The number of nitrogens with one attached hydrogen (secondary N) is 1. The van der Waals surface area contributed by atoms with Crippen LogP contribution in [0.15, 0.2) is 23.0 Å².